The normalized spacial score (nSPS) is 10.4. The minimum Gasteiger partial charge on any atom is -0.451 e. The van der Waals surface area contributed by atoms with Crippen LogP contribution in [0.4, 0.5) is 0 Å². The average Bonchev–Trinajstić information content (AvgIpc) is 3.34. The summed E-state index contributed by atoms with van der Waals surface area (Å²) in [6.07, 6.45) is 0. The summed E-state index contributed by atoms with van der Waals surface area (Å²) in [6, 6.07) is 14.5. The van der Waals surface area contributed by atoms with Gasteiger partial charge in [-0.05, 0) is 23.6 Å². The van der Waals surface area contributed by atoms with Crippen molar-refractivity contribution in [1.29, 1.82) is 0 Å². The van der Waals surface area contributed by atoms with E-state index in [0.29, 0.717) is 11.4 Å². The molecule has 0 aliphatic carbocycles. The topological polar surface area (TPSA) is 116 Å². The highest BCUT2D eigenvalue weighted by Crippen LogP contribution is 2.26. The predicted octanol–water partition coefficient (Wildman–Crippen LogP) is 1.36. The van der Waals surface area contributed by atoms with Crippen LogP contribution >= 0.6 is 11.3 Å². The van der Waals surface area contributed by atoms with Crippen molar-refractivity contribution in [1.82, 2.24) is 15.1 Å². The van der Waals surface area contributed by atoms with Gasteiger partial charge in [0.25, 0.3) is 5.91 Å². The summed E-state index contributed by atoms with van der Waals surface area (Å²) in [5, 5.41) is 8.66. The highest BCUT2D eigenvalue weighted by molar-refractivity contribution is 7.13. The van der Waals surface area contributed by atoms with Crippen LogP contribution in [0, 0.1) is 0 Å². The fourth-order valence-electron chi connectivity index (χ4n) is 2.28. The number of rotatable bonds is 7. The SMILES string of the molecule is NC(=O)CNC(=O)COC(=O)c1cc(-c2cccs2)nn1-c1ccccc1. The number of carbonyl (C=O) groups excluding carboxylic acids is 3. The fourth-order valence-corrected chi connectivity index (χ4v) is 2.96. The smallest absolute Gasteiger partial charge is 0.357 e. The summed E-state index contributed by atoms with van der Waals surface area (Å²) in [6.45, 7) is -0.846. The molecule has 0 saturated heterocycles. The molecule has 3 aromatic rings. The van der Waals surface area contributed by atoms with Crippen LogP contribution < -0.4 is 11.1 Å². The molecule has 0 aliphatic heterocycles. The largest absolute Gasteiger partial charge is 0.451 e. The number of hydrogen-bond acceptors (Lipinski definition) is 6. The first-order valence-electron chi connectivity index (χ1n) is 7.96. The van der Waals surface area contributed by atoms with Crippen molar-refractivity contribution in [2.45, 2.75) is 0 Å². The molecule has 27 heavy (non-hydrogen) atoms. The molecule has 0 aliphatic rings. The first-order valence-corrected chi connectivity index (χ1v) is 8.84. The molecule has 3 rings (SSSR count). The van der Waals surface area contributed by atoms with Gasteiger partial charge >= 0.3 is 5.97 Å². The number of thiophene rings is 1. The van der Waals surface area contributed by atoms with Crippen LogP contribution in [0.2, 0.25) is 0 Å². The molecule has 2 heterocycles. The lowest BCUT2D eigenvalue weighted by molar-refractivity contribution is -0.127. The second kappa shape index (κ2) is 8.28. The van der Waals surface area contributed by atoms with Crippen LogP contribution in [0.5, 0.6) is 0 Å². The Morgan fingerprint density at radius 2 is 1.93 bits per heavy atom. The van der Waals surface area contributed by atoms with Crippen molar-refractivity contribution in [3.8, 4) is 16.3 Å². The number of primary amides is 1. The van der Waals surface area contributed by atoms with E-state index in [0.717, 1.165) is 4.88 Å². The Kier molecular flexibility index (Phi) is 5.62. The molecule has 0 unspecified atom stereocenters. The quantitative estimate of drug-likeness (QED) is 0.597. The summed E-state index contributed by atoms with van der Waals surface area (Å²) in [5.41, 5.74) is 6.45. The number of hydrogen-bond donors (Lipinski definition) is 2. The highest BCUT2D eigenvalue weighted by atomic mass is 32.1. The number of carbonyl (C=O) groups is 3. The van der Waals surface area contributed by atoms with E-state index in [9.17, 15) is 14.4 Å². The van der Waals surface area contributed by atoms with Crippen LogP contribution in [0.1, 0.15) is 10.5 Å². The minimum atomic E-state index is -0.705. The number of amides is 2. The van der Waals surface area contributed by atoms with Gasteiger partial charge in [-0.1, -0.05) is 24.3 Å². The number of ether oxygens (including phenoxy) is 1. The maximum Gasteiger partial charge on any atom is 0.357 e. The van der Waals surface area contributed by atoms with Crippen LogP contribution in [0.3, 0.4) is 0 Å². The molecular formula is C18H16N4O4S. The molecule has 0 radical (unpaired) electrons. The van der Waals surface area contributed by atoms with Gasteiger partial charge in [-0.2, -0.15) is 5.10 Å². The zero-order chi connectivity index (χ0) is 19.2. The standard InChI is InChI=1S/C18H16N4O4S/c19-16(23)10-20-17(24)11-26-18(25)14-9-13(15-7-4-8-27-15)21-22(14)12-5-2-1-3-6-12/h1-9H,10-11H2,(H2,19,23)(H,20,24). The molecule has 0 atom stereocenters. The summed E-state index contributed by atoms with van der Waals surface area (Å²) in [5.74, 6) is -2.01. The van der Waals surface area contributed by atoms with Gasteiger partial charge in [-0.15, -0.1) is 11.3 Å². The molecule has 8 nitrogen and oxygen atoms in total. The van der Waals surface area contributed by atoms with Crippen LogP contribution in [0.15, 0.2) is 53.9 Å². The summed E-state index contributed by atoms with van der Waals surface area (Å²) < 4.78 is 6.53. The molecule has 0 fully saturated rings. The third-order valence-electron chi connectivity index (χ3n) is 3.49. The number of nitrogens with two attached hydrogens (primary N) is 1. The molecule has 138 valence electrons. The Morgan fingerprint density at radius 3 is 2.59 bits per heavy atom. The molecule has 0 spiro atoms. The van der Waals surface area contributed by atoms with Crippen molar-refractivity contribution >= 4 is 29.1 Å². The van der Waals surface area contributed by atoms with Gasteiger partial charge in [-0.3, -0.25) is 9.59 Å². The van der Waals surface area contributed by atoms with E-state index >= 15 is 0 Å². The van der Waals surface area contributed by atoms with Crippen LogP contribution in [0.25, 0.3) is 16.3 Å². The lowest BCUT2D eigenvalue weighted by Crippen LogP contribution is -2.36. The Balaban J connectivity index is 1.81. The van der Waals surface area contributed by atoms with Crippen molar-refractivity contribution < 1.29 is 19.1 Å². The number of benzene rings is 1. The summed E-state index contributed by atoms with van der Waals surface area (Å²) >= 11 is 1.50. The molecule has 0 saturated carbocycles. The molecule has 1 aromatic carbocycles. The van der Waals surface area contributed by atoms with Crippen molar-refractivity contribution in [2.24, 2.45) is 5.73 Å². The van der Waals surface area contributed by atoms with Gasteiger partial charge < -0.3 is 15.8 Å². The molecule has 2 amide bonds. The number of para-hydroxylation sites is 1. The maximum absolute atomic E-state index is 12.5. The summed E-state index contributed by atoms with van der Waals surface area (Å²) in [4.78, 5) is 35.7. The van der Waals surface area contributed by atoms with Gasteiger partial charge in [0.05, 0.1) is 17.1 Å². The van der Waals surface area contributed by atoms with E-state index in [4.69, 9.17) is 10.5 Å². The Hall–Kier alpha value is -3.46. The zero-order valence-corrected chi connectivity index (χ0v) is 14.9. The molecule has 0 bridgehead atoms. The Morgan fingerprint density at radius 1 is 1.15 bits per heavy atom. The predicted molar refractivity (Wildman–Crippen MR) is 99.4 cm³/mol. The second-order valence-corrected chi connectivity index (χ2v) is 6.41. The monoisotopic (exact) mass is 384 g/mol. The highest BCUT2D eigenvalue weighted by Gasteiger charge is 2.20. The van der Waals surface area contributed by atoms with E-state index in [2.05, 4.69) is 10.4 Å². The number of nitrogens with one attached hydrogen (secondary N) is 1. The Bertz CT molecular complexity index is 951. The maximum atomic E-state index is 12.5. The molecule has 9 heteroatoms. The number of esters is 1. The minimum absolute atomic E-state index is 0.187. The molecule has 3 N–H and O–H groups in total. The number of nitrogens with zero attached hydrogens (tertiary/aromatic N) is 2. The van der Waals surface area contributed by atoms with Gasteiger partial charge in [0.1, 0.15) is 5.69 Å². The van der Waals surface area contributed by atoms with Crippen LogP contribution in [-0.2, 0) is 14.3 Å². The third-order valence-corrected chi connectivity index (χ3v) is 4.38. The summed E-state index contributed by atoms with van der Waals surface area (Å²) in [7, 11) is 0. The van der Waals surface area contributed by atoms with Crippen LogP contribution in [-0.4, -0.2) is 40.7 Å². The second-order valence-electron chi connectivity index (χ2n) is 5.46. The average molecular weight is 384 g/mol. The first kappa shape index (κ1) is 18.3. The third kappa shape index (κ3) is 4.59. The van der Waals surface area contributed by atoms with Gasteiger partial charge in [0.2, 0.25) is 5.91 Å². The first-order chi connectivity index (χ1) is 13.0. The van der Waals surface area contributed by atoms with E-state index in [1.807, 2.05) is 47.8 Å². The lowest BCUT2D eigenvalue weighted by atomic mass is 10.3. The van der Waals surface area contributed by atoms with E-state index < -0.39 is 24.4 Å². The molecular weight excluding hydrogens is 368 g/mol. The van der Waals surface area contributed by atoms with Crippen molar-refractivity contribution in [3.05, 3.63) is 59.6 Å². The van der Waals surface area contributed by atoms with E-state index in [1.54, 1.807) is 6.07 Å². The van der Waals surface area contributed by atoms with Gasteiger partial charge in [0.15, 0.2) is 12.3 Å². The Labute approximate surface area is 158 Å². The van der Waals surface area contributed by atoms with E-state index in [1.165, 1.54) is 16.0 Å². The van der Waals surface area contributed by atoms with Gasteiger partial charge in [-0.25, -0.2) is 9.48 Å². The lowest BCUT2D eigenvalue weighted by Gasteiger charge is -2.07. The van der Waals surface area contributed by atoms with Gasteiger partial charge in [0, 0.05) is 6.07 Å². The fraction of sp³-hybridized carbons (Fsp3) is 0.111. The van der Waals surface area contributed by atoms with Crippen molar-refractivity contribution in [3.63, 3.8) is 0 Å². The zero-order valence-electron chi connectivity index (χ0n) is 14.1. The van der Waals surface area contributed by atoms with E-state index in [-0.39, 0.29) is 12.2 Å². The number of aromatic nitrogens is 2. The molecule has 2 aromatic heterocycles. The van der Waals surface area contributed by atoms with Crippen molar-refractivity contribution in [2.75, 3.05) is 13.2 Å².